The van der Waals surface area contributed by atoms with E-state index < -0.39 is 5.97 Å². The van der Waals surface area contributed by atoms with Crippen LogP contribution in [0.1, 0.15) is 72.5 Å². The molecule has 1 atom stereocenters. The van der Waals surface area contributed by atoms with Gasteiger partial charge in [-0.05, 0) is 55.4 Å². The Hall–Kier alpha value is -3.86. The number of carbonyl (C=O) groups is 2. The van der Waals surface area contributed by atoms with E-state index in [1.54, 1.807) is 6.07 Å². The molecule has 0 unspecified atom stereocenters. The molecule has 0 radical (unpaired) electrons. The SMILES string of the molecule is C[C@@H]1CCCC(=O)CCC/C=C/c2cc(OCc3ccccc3)cc(OCc3ccccc3)c2C(=O)O1. The summed E-state index contributed by atoms with van der Waals surface area (Å²) in [6.07, 6.45) is 7.56. The number of ether oxygens (including phenoxy) is 3. The van der Waals surface area contributed by atoms with Gasteiger partial charge in [0, 0.05) is 18.9 Å². The maximum absolute atomic E-state index is 13.4. The summed E-state index contributed by atoms with van der Waals surface area (Å²) in [4.78, 5) is 25.6. The molecule has 1 aliphatic rings. The number of Topliss-reactive ketones (excluding diaryl/α,β-unsaturated/α-hetero) is 1. The van der Waals surface area contributed by atoms with Gasteiger partial charge in [0.2, 0.25) is 0 Å². The Kier molecular flexibility index (Phi) is 9.53. The summed E-state index contributed by atoms with van der Waals surface area (Å²) in [5.74, 6) is 0.854. The average Bonchev–Trinajstić information content (AvgIpc) is 2.91. The second-order valence-corrected chi connectivity index (χ2v) is 9.38. The number of carbonyl (C=O) groups excluding carboxylic acids is 2. The Bertz CT molecular complexity index is 1200. The van der Waals surface area contributed by atoms with Crippen LogP contribution in [-0.2, 0) is 22.7 Å². The number of esters is 1. The van der Waals surface area contributed by atoms with Gasteiger partial charge in [-0.1, -0.05) is 72.8 Å². The molecule has 0 amide bonds. The van der Waals surface area contributed by atoms with Crippen LogP contribution in [0.5, 0.6) is 11.5 Å². The lowest BCUT2D eigenvalue weighted by molar-refractivity contribution is -0.119. The topological polar surface area (TPSA) is 61.8 Å². The monoisotopic (exact) mass is 498 g/mol. The van der Waals surface area contributed by atoms with Gasteiger partial charge in [0.15, 0.2) is 0 Å². The van der Waals surface area contributed by atoms with Crippen LogP contribution in [0.4, 0.5) is 0 Å². The summed E-state index contributed by atoms with van der Waals surface area (Å²) < 4.78 is 18.1. The highest BCUT2D eigenvalue weighted by atomic mass is 16.5. The second-order valence-electron chi connectivity index (χ2n) is 9.38. The molecule has 192 valence electrons. The van der Waals surface area contributed by atoms with Crippen molar-refractivity contribution in [3.05, 3.63) is 101 Å². The average molecular weight is 499 g/mol. The number of benzene rings is 3. The largest absolute Gasteiger partial charge is 0.489 e. The van der Waals surface area contributed by atoms with Crippen LogP contribution in [0.15, 0.2) is 78.9 Å². The number of rotatable bonds is 6. The normalized spacial score (nSPS) is 17.7. The quantitative estimate of drug-likeness (QED) is 0.333. The Morgan fingerprint density at radius 2 is 1.49 bits per heavy atom. The van der Waals surface area contributed by atoms with Gasteiger partial charge in [0.1, 0.15) is 36.1 Å². The van der Waals surface area contributed by atoms with E-state index in [2.05, 4.69) is 0 Å². The zero-order valence-electron chi connectivity index (χ0n) is 21.4. The molecule has 0 saturated carbocycles. The van der Waals surface area contributed by atoms with E-state index in [9.17, 15) is 9.59 Å². The molecule has 0 aromatic heterocycles. The van der Waals surface area contributed by atoms with Crippen molar-refractivity contribution < 1.29 is 23.8 Å². The van der Waals surface area contributed by atoms with Crippen molar-refractivity contribution in [3.8, 4) is 11.5 Å². The third-order valence-electron chi connectivity index (χ3n) is 6.29. The Balaban J connectivity index is 1.68. The van der Waals surface area contributed by atoms with Gasteiger partial charge >= 0.3 is 5.97 Å². The molecule has 1 aliphatic heterocycles. The zero-order chi connectivity index (χ0) is 25.9. The Morgan fingerprint density at radius 3 is 2.19 bits per heavy atom. The van der Waals surface area contributed by atoms with E-state index in [-0.39, 0.29) is 11.9 Å². The van der Waals surface area contributed by atoms with E-state index in [0.29, 0.717) is 61.5 Å². The van der Waals surface area contributed by atoms with Gasteiger partial charge in [0.05, 0.1) is 6.10 Å². The van der Waals surface area contributed by atoms with Crippen molar-refractivity contribution in [1.29, 1.82) is 0 Å². The lowest BCUT2D eigenvalue weighted by Crippen LogP contribution is -2.18. The smallest absolute Gasteiger partial charge is 0.342 e. The van der Waals surface area contributed by atoms with Gasteiger partial charge in [-0.25, -0.2) is 4.79 Å². The molecule has 0 aliphatic carbocycles. The molecular weight excluding hydrogens is 464 g/mol. The number of hydrogen-bond acceptors (Lipinski definition) is 5. The highest BCUT2D eigenvalue weighted by molar-refractivity contribution is 5.97. The second kappa shape index (κ2) is 13.4. The van der Waals surface area contributed by atoms with Crippen molar-refractivity contribution in [2.45, 2.75) is 64.8 Å². The molecular formula is C32H34O5. The minimum Gasteiger partial charge on any atom is -0.489 e. The lowest BCUT2D eigenvalue weighted by atomic mass is 10.0. The van der Waals surface area contributed by atoms with Gasteiger partial charge in [-0.15, -0.1) is 0 Å². The van der Waals surface area contributed by atoms with Crippen molar-refractivity contribution in [3.63, 3.8) is 0 Å². The summed E-state index contributed by atoms with van der Waals surface area (Å²) in [5, 5.41) is 0. The molecule has 5 nitrogen and oxygen atoms in total. The first-order chi connectivity index (χ1) is 18.1. The fourth-order valence-electron chi connectivity index (χ4n) is 4.27. The van der Waals surface area contributed by atoms with Crippen molar-refractivity contribution in [2.24, 2.45) is 0 Å². The molecule has 5 heteroatoms. The standard InChI is InChI=1S/C32H34O5/c1-24-12-11-19-28(33)18-10-4-9-17-27-20-29(35-22-25-13-5-2-6-14-25)21-30(31(27)32(34)37-24)36-23-26-15-7-3-8-16-26/h2-3,5-9,13-17,20-21,24H,4,10-12,18-19,22-23H2,1H3/b17-9+/t24-/m1/s1. The maximum atomic E-state index is 13.4. The molecule has 4 rings (SSSR count). The molecule has 0 fully saturated rings. The van der Waals surface area contributed by atoms with E-state index in [1.807, 2.05) is 85.8 Å². The first kappa shape index (κ1) is 26.2. The summed E-state index contributed by atoms with van der Waals surface area (Å²) in [5.41, 5.74) is 3.10. The number of cyclic esters (lactones) is 1. The number of allylic oxidation sites excluding steroid dienone is 1. The van der Waals surface area contributed by atoms with Crippen LogP contribution in [0, 0.1) is 0 Å². The fourth-order valence-corrected chi connectivity index (χ4v) is 4.27. The highest BCUT2D eigenvalue weighted by Gasteiger charge is 2.23. The first-order valence-electron chi connectivity index (χ1n) is 13.0. The minimum absolute atomic E-state index is 0.262. The lowest BCUT2D eigenvalue weighted by Gasteiger charge is -2.19. The van der Waals surface area contributed by atoms with E-state index >= 15 is 0 Å². The van der Waals surface area contributed by atoms with Crippen LogP contribution in [0.25, 0.3) is 6.08 Å². The van der Waals surface area contributed by atoms with Gasteiger partial charge in [0.25, 0.3) is 0 Å². The predicted octanol–water partition coefficient (Wildman–Crippen LogP) is 7.33. The maximum Gasteiger partial charge on any atom is 0.342 e. The van der Waals surface area contributed by atoms with Crippen molar-refractivity contribution >= 4 is 17.8 Å². The van der Waals surface area contributed by atoms with E-state index in [1.165, 1.54) is 0 Å². The molecule has 3 aromatic rings. The summed E-state index contributed by atoms with van der Waals surface area (Å²) in [6, 6.07) is 23.4. The van der Waals surface area contributed by atoms with Crippen LogP contribution in [0.2, 0.25) is 0 Å². The van der Waals surface area contributed by atoms with Gasteiger partial charge in [-0.2, -0.15) is 0 Å². The van der Waals surface area contributed by atoms with Gasteiger partial charge < -0.3 is 14.2 Å². The molecule has 0 saturated heterocycles. The molecule has 0 spiro atoms. The summed E-state index contributed by atoms with van der Waals surface area (Å²) in [6.45, 7) is 2.57. The minimum atomic E-state index is -0.437. The third kappa shape index (κ3) is 8.07. The molecule has 37 heavy (non-hydrogen) atoms. The Morgan fingerprint density at radius 1 is 0.838 bits per heavy atom. The highest BCUT2D eigenvalue weighted by Crippen LogP contribution is 2.33. The predicted molar refractivity (Wildman–Crippen MR) is 145 cm³/mol. The summed E-state index contributed by atoms with van der Waals surface area (Å²) in [7, 11) is 0. The number of hydrogen-bond donors (Lipinski definition) is 0. The molecule has 0 bridgehead atoms. The first-order valence-corrected chi connectivity index (χ1v) is 13.0. The summed E-state index contributed by atoms with van der Waals surface area (Å²) >= 11 is 0. The molecule has 1 heterocycles. The van der Waals surface area contributed by atoms with Crippen molar-refractivity contribution in [1.82, 2.24) is 0 Å². The third-order valence-corrected chi connectivity index (χ3v) is 6.29. The number of fused-ring (bicyclic) bond motifs is 1. The van der Waals surface area contributed by atoms with Crippen LogP contribution in [0.3, 0.4) is 0 Å². The Labute approximate surface area is 219 Å². The van der Waals surface area contributed by atoms with Crippen LogP contribution in [-0.4, -0.2) is 17.9 Å². The van der Waals surface area contributed by atoms with E-state index in [0.717, 1.165) is 24.0 Å². The molecule has 0 N–H and O–H groups in total. The van der Waals surface area contributed by atoms with Crippen LogP contribution >= 0.6 is 0 Å². The van der Waals surface area contributed by atoms with Gasteiger partial charge in [-0.3, -0.25) is 4.79 Å². The fraction of sp³-hybridized carbons (Fsp3) is 0.312. The molecule has 3 aromatic carbocycles. The van der Waals surface area contributed by atoms with E-state index in [4.69, 9.17) is 14.2 Å². The van der Waals surface area contributed by atoms with Crippen LogP contribution < -0.4 is 9.47 Å². The van der Waals surface area contributed by atoms with Crippen molar-refractivity contribution in [2.75, 3.05) is 0 Å². The zero-order valence-corrected chi connectivity index (χ0v) is 21.4. The number of ketones is 1.